The van der Waals surface area contributed by atoms with Crippen molar-refractivity contribution >= 4 is 64.4 Å². The van der Waals surface area contributed by atoms with E-state index in [4.69, 9.17) is 14.4 Å². The highest BCUT2D eigenvalue weighted by molar-refractivity contribution is 7.26. The Morgan fingerprint density at radius 2 is 1.06 bits per heavy atom. The van der Waals surface area contributed by atoms with Gasteiger partial charge in [0.1, 0.15) is 11.2 Å². The summed E-state index contributed by atoms with van der Waals surface area (Å²) in [4.78, 5) is 10.5. The van der Waals surface area contributed by atoms with Gasteiger partial charge in [0.25, 0.3) is 0 Å². The van der Waals surface area contributed by atoms with E-state index >= 15 is 0 Å². The molecule has 4 aromatic heterocycles. The third-order valence-corrected chi connectivity index (χ3v) is 10.5. The van der Waals surface area contributed by atoms with Crippen LogP contribution >= 0.6 is 11.3 Å². The molecule has 0 bridgehead atoms. The Balaban J connectivity index is 1.14. The van der Waals surface area contributed by atoms with E-state index < -0.39 is 0 Å². The molecule has 0 fully saturated rings. The molecule has 48 heavy (non-hydrogen) atoms. The summed E-state index contributed by atoms with van der Waals surface area (Å²) in [7, 11) is 0. The average Bonchev–Trinajstić information content (AvgIpc) is 3.74. The second kappa shape index (κ2) is 10.7. The molecule has 3 nitrogen and oxygen atoms in total. The van der Waals surface area contributed by atoms with Crippen molar-refractivity contribution in [3.05, 3.63) is 158 Å². The standard InChI is InChI=1S/C44H26N2OS/c1-2-11-27(12-3-1)37-25-30(31-17-10-18-34-32-13-6-8-19-39(32)47-43(31)34)26-38(45-37)28-21-23-29(24-22-28)41-33-14-4-5-15-35(33)44-42(46-41)36-16-7-9-20-40(36)48-44/h1-26H. The molecule has 0 aliphatic heterocycles. The summed E-state index contributed by atoms with van der Waals surface area (Å²) in [6.45, 7) is 0. The lowest BCUT2D eigenvalue weighted by Gasteiger charge is -2.12. The van der Waals surface area contributed by atoms with Crippen LogP contribution < -0.4 is 0 Å². The molecule has 0 radical (unpaired) electrons. The second-order valence-corrected chi connectivity index (χ2v) is 13.2. The third kappa shape index (κ3) is 4.27. The maximum Gasteiger partial charge on any atom is 0.143 e. The Bertz CT molecular complexity index is 2830. The van der Waals surface area contributed by atoms with Crippen molar-refractivity contribution < 1.29 is 4.42 Å². The van der Waals surface area contributed by atoms with Gasteiger partial charge in [-0.15, -0.1) is 11.3 Å². The van der Waals surface area contributed by atoms with E-state index in [2.05, 4.69) is 140 Å². The summed E-state index contributed by atoms with van der Waals surface area (Å²) in [6.07, 6.45) is 0. The molecule has 0 saturated carbocycles. The van der Waals surface area contributed by atoms with Gasteiger partial charge in [-0.3, -0.25) is 0 Å². The molecular weight excluding hydrogens is 605 g/mol. The Morgan fingerprint density at radius 3 is 1.88 bits per heavy atom. The zero-order valence-corrected chi connectivity index (χ0v) is 26.5. The fraction of sp³-hybridized carbons (Fsp3) is 0. The molecule has 4 heteroatoms. The summed E-state index contributed by atoms with van der Waals surface area (Å²) in [6, 6.07) is 55.2. The van der Waals surface area contributed by atoms with E-state index in [-0.39, 0.29) is 0 Å². The first kappa shape index (κ1) is 27.1. The van der Waals surface area contributed by atoms with Gasteiger partial charge in [-0.1, -0.05) is 133 Å². The zero-order valence-electron chi connectivity index (χ0n) is 25.7. The molecule has 0 spiro atoms. The van der Waals surface area contributed by atoms with Crippen LogP contribution in [-0.2, 0) is 0 Å². The molecule has 6 aromatic carbocycles. The molecule has 0 amide bonds. The maximum atomic E-state index is 6.45. The van der Waals surface area contributed by atoms with E-state index in [1.807, 2.05) is 29.5 Å². The molecule has 10 rings (SSSR count). The number of fused-ring (bicyclic) bond motifs is 8. The van der Waals surface area contributed by atoms with Crippen molar-refractivity contribution in [3.8, 4) is 44.9 Å². The fourth-order valence-corrected chi connectivity index (χ4v) is 8.15. The van der Waals surface area contributed by atoms with Gasteiger partial charge < -0.3 is 4.42 Å². The predicted molar refractivity (Wildman–Crippen MR) is 201 cm³/mol. The van der Waals surface area contributed by atoms with Crippen LogP contribution in [0, 0.1) is 0 Å². The van der Waals surface area contributed by atoms with E-state index in [9.17, 15) is 0 Å². The summed E-state index contributed by atoms with van der Waals surface area (Å²) in [5.41, 5.74) is 11.0. The SMILES string of the molecule is c1ccc(-c2cc(-c3cccc4c3oc3ccccc34)cc(-c3ccc(-c4nc5c6ccccc6sc5c5ccccc45)cc3)n2)cc1. The molecule has 0 atom stereocenters. The minimum absolute atomic E-state index is 0.888. The highest BCUT2D eigenvalue weighted by Gasteiger charge is 2.17. The molecule has 10 aromatic rings. The van der Waals surface area contributed by atoms with E-state index in [1.165, 1.54) is 20.2 Å². The lowest BCUT2D eigenvalue weighted by atomic mass is 9.97. The Labute approximate surface area is 280 Å². The number of thiophene rings is 1. The minimum Gasteiger partial charge on any atom is -0.455 e. The lowest BCUT2D eigenvalue weighted by molar-refractivity contribution is 0.670. The van der Waals surface area contributed by atoms with Gasteiger partial charge in [0.2, 0.25) is 0 Å². The van der Waals surface area contributed by atoms with Crippen LogP contribution in [0.5, 0.6) is 0 Å². The first-order valence-corrected chi connectivity index (χ1v) is 16.9. The van der Waals surface area contributed by atoms with Crippen LogP contribution in [0.15, 0.2) is 162 Å². The monoisotopic (exact) mass is 630 g/mol. The number of hydrogen-bond acceptors (Lipinski definition) is 4. The van der Waals surface area contributed by atoms with E-state index in [0.717, 1.165) is 77.7 Å². The molecule has 0 unspecified atom stereocenters. The molecule has 0 aliphatic carbocycles. The largest absolute Gasteiger partial charge is 0.455 e. The Kier molecular flexibility index (Phi) is 6.05. The number of hydrogen-bond donors (Lipinski definition) is 0. The number of benzene rings is 6. The van der Waals surface area contributed by atoms with E-state index in [0.29, 0.717) is 0 Å². The predicted octanol–water partition coefficient (Wildman–Crippen LogP) is 12.6. The number of furan rings is 1. The highest BCUT2D eigenvalue weighted by atomic mass is 32.1. The van der Waals surface area contributed by atoms with Crippen LogP contribution in [0.25, 0.3) is 97.9 Å². The van der Waals surface area contributed by atoms with Crippen molar-refractivity contribution in [1.29, 1.82) is 0 Å². The summed E-state index contributed by atoms with van der Waals surface area (Å²) < 4.78 is 8.95. The van der Waals surface area contributed by atoms with Crippen LogP contribution in [0.2, 0.25) is 0 Å². The van der Waals surface area contributed by atoms with Gasteiger partial charge in [-0.05, 0) is 29.8 Å². The van der Waals surface area contributed by atoms with Crippen LogP contribution in [0.1, 0.15) is 0 Å². The molecular formula is C44H26N2OS. The number of nitrogens with zero attached hydrogens (tertiary/aromatic N) is 2. The number of para-hydroxylation sites is 2. The van der Waals surface area contributed by atoms with Gasteiger partial charge >= 0.3 is 0 Å². The van der Waals surface area contributed by atoms with Crippen LogP contribution in [-0.4, -0.2) is 9.97 Å². The summed E-state index contributed by atoms with van der Waals surface area (Å²) in [5.74, 6) is 0. The number of rotatable bonds is 4. The van der Waals surface area contributed by atoms with Crippen molar-refractivity contribution in [2.75, 3.05) is 0 Å². The van der Waals surface area contributed by atoms with Crippen molar-refractivity contribution in [3.63, 3.8) is 0 Å². The molecule has 0 saturated heterocycles. The Hall–Kier alpha value is -6.10. The van der Waals surface area contributed by atoms with Crippen molar-refractivity contribution in [1.82, 2.24) is 9.97 Å². The van der Waals surface area contributed by atoms with Gasteiger partial charge in [-0.25, -0.2) is 9.97 Å². The smallest absolute Gasteiger partial charge is 0.143 e. The van der Waals surface area contributed by atoms with Gasteiger partial charge in [-0.2, -0.15) is 0 Å². The average molecular weight is 631 g/mol. The molecule has 224 valence electrons. The number of pyridine rings is 2. The second-order valence-electron chi connectivity index (χ2n) is 12.1. The first-order chi connectivity index (χ1) is 23.8. The van der Waals surface area contributed by atoms with Crippen molar-refractivity contribution in [2.45, 2.75) is 0 Å². The topological polar surface area (TPSA) is 38.9 Å². The van der Waals surface area contributed by atoms with Gasteiger partial charge in [0, 0.05) is 53.9 Å². The minimum atomic E-state index is 0.888. The quantitative estimate of drug-likeness (QED) is 0.194. The van der Waals surface area contributed by atoms with Gasteiger partial charge in [0.05, 0.1) is 27.3 Å². The van der Waals surface area contributed by atoms with Crippen molar-refractivity contribution in [2.24, 2.45) is 0 Å². The summed E-state index contributed by atoms with van der Waals surface area (Å²) in [5, 5.41) is 5.84. The van der Waals surface area contributed by atoms with Crippen LogP contribution in [0.4, 0.5) is 0 Å². The molecule has 0 N–H and O–H groups in total. The zero-order chi connectivity index (χ0) is 31.6. The number of aromatic nitrogens is 2. The third-order valence-electron chi connectivity index (χ3n) is 9.28. The summed E-state index contributed by atoms with van der Waals surface area (Å²) >= 11 is 1.82. The normalized spacial score (nSPS) is 11.8. The van der Waals surface area contributed by atoms with Gasteiger partial charge in [0.15, 0.2) is 0 Å². The van der Waals surface area contributed by atoms with Crippen LogP contribution in [0.3, 0.4) is 0 Å². The highest BCUT2D eigenvalue weighted by Crippen LogP contribution is 2.42. The maximum absolute atomic E-state index is 6.45. The van der Waals surface area contributed by atoms with E-state index in [1.54, 1.807) is 0 Å². The fourth-order valence-electron chi connectivity index (χ4n) is 6.97. The Morgan fingerprint density at radius 1 is 0.438 bits per heavy atom. The lowest BCUT2D eigenvalue weighted by Crippen LogP contribution is -1.92. The first-order valence-electron chi connectivity index (χ1n) is 16.1. The molecule has 0 aliphatic rings. The molecule has 4 heterocycles.